The third kappa shape index (κ3) is 3.46. The minimum atomic E-state index is -0.196. The number of alkyl halides is 1. The van der Waals surface area contributed by atoms with Crippen LogP contribution in [0.1, 0.15) is 6.92 Å². The first-order chi connectivity index (χ1) is 5.68. The van der Waals surface area contributed by atoms with Crippen LogP contribution in [0.4, 0.5) is 4.39 Å². The third-order valence-corrected chi connectivity index (χ3v) is 2.90. The minimum Gasteiger partial charge on any atom is -0.207 e. The van der Waals surface area contributed by atoms with Crippen molar-refractivity contribution in [2.45, 2.75) is 17.2 Å². The Bertz CT molecular complexity index is 233. The summed E-state index contributed by atoms with van der Waals surface area (Å²) in [5.41, 5.74) is 0. The van der Waals surface area contributed by atoms with Gasteiger partial charge in [-0.05, 0) is 31.2 Å². The van der Waals surface area contributed by atoms with E-state index in [0.29, 0.717) is 0 Å². The smallest absolute Gasteiger partial charge is 0.123 e. The summed E-state index contributed by atoms with van der Waals surface area (Å²) < 4.78 is 12.5. The van der Waals surface area contributed by atoms with Crippen molar-refractivity contribution in [3.05, 3.63) is 30.1 Å². The number of hydrogen-bond acceptors (Lipinski definition) is 1. The number of benzene rings is 1. The van der Waals surface area contributed by atoms with E-state index in [1.807, 2.05) is 6.92 Å². The summed E-state index contributed by atoms with van der Waals surface area (Å²) in [5.74, 6) is 0.658. The van der Waals surface area contributed by atoms with Gasteiger partial charge in [0.2, 0.25) is 0 Å². The Kier molecular flexibility index (Phi) is 3.89. The first kappa shape index (κ1) is 9.87. The molecule has 0 N–H and O–H groups in total. The summed E-state index contributed by atoms with van der Waals surface area (Å²) in [6.45, 7) is 1.94. The fraction of sp³-hybridized carbons (Fsp3) is 0.333. The van der Waals surface area contributed by atoms with Gasteiger partial charge in [-0.3, -0.25) is 0 Å². The van der Waals surface area contributed by atoms with Crippen molar-refractivity contribution < 1.29 is 4.39 Å². The van der Waals surface area contributed by atoms with Crippen molar-refractivity contribution in [3.8, 4) is 0 Å². The van der Waals surface area contributed by atoms with Crippen LogP contribution in [-0.2, 0) is 0 Å². The molecule has 12 heavy (non-hydrogen) atoms. The predicted octanol–water partition coefficient (Wildman–Crippen LogP) is 3.55. The second-order valence-electron chi connectivity index (χ2n) is 2.55. The molecule has 0 spiro atoms. The number of hydrogen-bond donors (Lipinski definition) is 0. The Morgan fingerprint density at radius 2 is 2.00 bits per heavy atom. The zero-order chi connectivity index (χ0) is 8.97. The fourth-order valence-corrected chi connectivity index (χ4v) is 1.68. The van der Waals surface area contributed by atoms with Crippen LogP contribution in [-0.4, -0.2) is 11.1 Å². The highest BCUT2D eigenvalue weighted by atomic mass is 35.5. The van der Waals surface area contributed by atoms with Crippen molar-refractivity contribution in [3.63, 3.8) is 0 Å². The SMILES string of the molecule is CC(Cl)CSc1ccc(F)cc1. The highest BCUT2D eigenvalue weighted by molar-refractivity contribution is 7.99. The Labute approximate surface area is 81.1 Å². The van der Waals surface area contributed by atoms with Gasteiger partial charge >= 0.3 is 0 Å². The van der Waals surface area contributed by atoms with Gasteiger partial charge in [-0.1, -0.05) is 0 Å². The molecule has 0 fully saturated rings. The average molecular weight is 205 g/mol. The lowest BCUT2D eigenvalue weighted by Crippen LogP contribution is -1.93. The van der Waals surface area contributed by atoms with E-state index in [4.69, 9.17) is 11.6 Å². The van der Waals surface area contributed by atoms with Gasteiger partial charge in [0.05, 0.1) is 0 Å². The van der Waals surface area contributed by atoms with Crippen LogP contribution >= 0.6 is 23.4 Å². The molecule has 0 saturated carbocycles. The number of thioether (sulfide) groups is 1. The minimum absolute atomic E-state index is 0.153. The Morgan fingerprint density at radius 3 is 2.50 bits per heavy atom. The van der Waals surface area contributed by atoms with E-state index in [9.17, 15) is 4.39 Å². The maximum absolute atomic E-state index is 12.5. The maximum atomic E-state index is 12.5. The zero-order valence-electron chi connectivity index (χ0n) is 6.76. The highest BCUT2D eigenvalue weighted by Gasteiger charge is 1.98. The van der Waals surface area contributed by atoms with Gasteiger partial charge in [0.15, 0.2) is 0 Å². The molecule has 0 radical (unpaired) electrons. The molecule has 0 amide bonds. The number of rotatable bonds is 3. The first-order valence-corrected chi connectivity index (χ1v) is 5.13. The molecule has 0 nitrogen and oxygen atoms in total. The van der Waals surface area contributed by atoms with Gasteiger partial charge < -0.3 is 0 Å². The molecular formula is C9H10ClFS. The Hall–Kier alpha value is -0.210. The molecule has 0 saturated heterocycles. The summed E-state index contributed by atoms with van der Waals surface area (Å²) in [6, 6.07) is 6.45. The quantitative estimate of drug-likeness (QED) is 0.536. The van der Waals surface area contributed by atoms with Gasteiger partial charge in [0.25, 0.3) is 0 Å². The van der Waals surface area contributed by atoms with Crippen molar-refractivity contribution in [1.29, 1.82) is 0 Å². The molecule has 1 aromatic rings. The van der Waals surface area contributed by atoms with Crippen molar-refractivity contribution in [2.75, 3.05) is 5.75 Å². The molecule has 1 aromatic carbocycles. The van der Waals surface area contributed by atoms with E-state index in [-0.39, 0.29) is 11.2 Å². The van der Waals surface area contributed by atoms with Crippen LogP contribution in [0.3, 0.4) is 0 Å². The van der Waals surface area contributed by atoms with Gasteiger partial charge in [0.1, 0.15) is 5.82 Å². The molecule has 0 bridgehead atoms. The average Bonchev–Trinajstić information content (AvgIpc) is 2.03. The van der Waals surface area contributed by atoms with Gasteiger partial charge in [-0.25, -0.2) is 4.39 Å². The lowest BCUT2D eigenvalue weighted by molar-refractivity contribution is 0.626. The Morgan fingerprint density at radius 1 is 1.42 bits per heavy atom. The van der Waals surface area contributed by atoms with Crippen LogP contribution in [0, 0.1) is 5.82 Å². The van der Waals surface area contributed by atoms with Gasteiger partial charge in [-0.2, -0.15) is 0 Å². The third-order valence-electron chi connectivity index (χ3n) is 1.29. The molecule has 0 aromatic heterocycles. The molecule has 0 aliphatic carbocycles. The van der Waals surface area contributed by atoms with Crippen molar-refractivity contribution in [2.24, 2.45) is 0 Å². The molecule has 0 aliphatic rings. The summed E-state index contributed by atoms with van der Waals surface area (Å²) in [4.78, 5) is 1.06. The topological polar surface area (TPSA) is 0 Å². The molecule has 1 rings (SSSR count). The van der Waals surface area contributed by atoms with E-state index >= 15 is 0 Å². The first-order valence-electron chi connectivity index (χ1n) is 3.71. The molecule has 3 heteroatoms. The van der Waals surface area contributed by atoms with E-state index in [0.717, 1.165) is 10.6 Å². The fourth-order valence-electron chi connectivity index (χ4n) is 0.742. The lowest BCUT2D eigenvalue weighted by atomic mass is 10.4. The van der Waals surface area contributed by atoms with E-state index in [2.05, 4.69) is 0 Å². The second kappa shape index (κ2) is 4.73. The Balaban J connectivity index is 2.48. The monoisotopic (exact) mass is 204 g/mol. The molecule has 1 atom stereocenters. The van der Waals surface area contributed by atoms with E-state index in [1.165, 1.54) is 12.1 Å². The summed E-state index contributed by atoms with van der Waals surface area (Å²) >= 11 is 7.40. The van der Waals surface area contributed by atoms with E-state index < -0.39 is 0 Å². The molecule has 66 valence electrons. The van der Waals surface area contributed by atoms with Gasteiger partial charge in [0, 0.05) is 16.0 Å². The van der Waals surface area contributed by atoms with Crippen LogP contribution in [0.2, 0.25) is 0 Å². The highest BCUT2D eigenvalue weighted by Crippen LogP contribution is 2.20. The number of halogens is 2. The van der Waals surface area contributed by atoms with Crippen molar-refractivity contribution >= 4 is 23.4 Å². The summed E-state index contributed by atoms with van der Waals surface area (Å²) in [7, 11) is 0. The van der Waals surface area contributed by atoms with Crippen LogP contribution in [0.15, 0.2) is 29.2 Å². The van der Waals surface area contributed by atoms with Crippen LogP contribution in [0.25, 0.3) is 0 Å². The zero-order valence-corrected chi connectivity index (χ0v) is 8.33. The summed E-state index contributed by atoms with van der Waals surface area (Å²) in [6.07, 6.45) is 0. The van der Waals surface area contributed by atoms with E-state index in [1.54, 1.807) is 23.9 Å². The largest absolute Gasteiger partial charge is 0.207 e. The predicted molar refractivity (Wildman–Crippen MR) is 52.4 cm³/mol. The molecule has 0 aliphatic heterocycles. The molecular weight excluding hydrogens is 195 g/mol. The molecule has 0 heterocycles. The van der Waals surface area contributed by atoms with Crippen LogP contribution in [0.5, 0.6) is 0 Å². The maximum Gasteiger partial charge on any atom is 0.123 e. The standard InChI is InChI=1S/C9H10ClFS/c1-7(10)6-12-9-4-2-8(11)3-5-9/h2-5,7H,6H2,1H3. The molecule has 1 unspecified atom stereocenters. The van der Waals surface area contributed by atoms with Gasteiger partial charge in [-0.15, -0.1) is 23.4 Å². The summed E-state index contributed by atoms with van der Waals surface area (Å²) in [5, 5.41) is 0.153. The lowest BCUT2D eigenvalue weighted by Gasteiger charge is -2.01. The van der Waals surface area contributed by atoms with Crippen molar-refractivity contribution in [1.82, 2.24) is 0 Å². The normalized spacial score (nSPS) is 12.9. The second-order valence-corrected chi connectivity index (χ2v) is 4.38. The van der Waals surface area contributed by atoms with Crippen LogP contribution < -0.4 is 0 Å².